The Morgan fingerprint density at radius 1 is 1.30 bits per heavy atom. The summed E-state index contributed by atoms with van der Waals surface area (Å²) in [4.78, 5) is 10.0. The molecule has 3 heterocycles. The topological polar surface area (TPSA) is 84.4 Å². The zero-order chi connectivity index (χ0) is 16.5. The van der Waals surface area contributed by atoms with E-state index in [0.717, 1.165) is 31.7 Å². The third kappa shape index (κ3) is 3.78. The molecular weight excluding hydrogens is 323 g/mol. The molecule has 3 rings (SSSR count). The number of nitrogens with one attached hydrogen (secondary N) is 1. The number of hydrogen-bond donors (Lipinski definition) is 1. The predicted octanol–water partition coefficient (Wildman–Crippen LogP) is 0.540. The lowest BCUT2D eigenvalue weighted by atomic mass is 9.69. The fourth-order valence-corrected chi connectivity index (χ4v) is 4.30. The van der Waals surface area contributed by atoms with E-state index in [1.54, 1.807) is 0 Å². The Morgan fingerprint density at radius 2 is 1.96 bits per heavy atom. The van der Waals surface area contributed by atoms with E-state index >= 15 is 0 Å². The molecule has 1 atom stereocenters. The van der Waals surface area contributed by atoms with Crippen molar-refractivity contribution in [2.45, 2.75) is 25.3 Å². The lowest BCUT2D eigenvalue weighted by Crippen LogP contribution is -2.57. The molecule has 9 heteroatoms. The summed E-state index contributed by atoms with van der Waals surface area (Å²) in [5.74, 6) is 0.0602. The molecule has 0 aliphatic carbocycles. The maximum Gasteiger partial charge on any atom is 0.225 e. The SMILES string of the molecule is CS(=O)(=O)N[C@H]1COCCC12CCN(c1ncc(F)cn1)CC2. The summed E-state index contributed by atoms with van der Waals surface area (Å²) in [6.45, 7) is 2.48. The van der Waals surface area contributed by atoms with Crippen LogP contribution < -0.4 is 9.62 Å². The van der Waals surface area contributed by atoms with Crippen LogP contribution in [0, 0.1) is 11.2 Å². The van der Waals surface area contributed by atoms with Gasteiger partial charge < -0.3 is 9.64 Å². The first-order valence-electron chi connectivity index (χ1n) is 7.66. The highest BCUT2D eigenvalue weighted by Crippen LogP contribution is 2.41. The van der Waals surface area contributed by atoms with Crippen molar-refractivity contribution in [3.05, 3.63) is 18.2 Å². The Labute approximate surface area is 135 Å². The van der Waals surface area contributed by atoms with Gasteiger partial charge in [0, 0.05) is 19.7 Å². The van der Waals surface area contributed by atoms with Gasteiger partial charge in [0.15, 0.2) is 5.82 Å². The summed E-state index contributed by atoms with van der Waals surface area (Å²) in [5.41, 5.74) is -0.0993. The average Bonchev–Trinajstić information content (AvgIpc) is 2.50. The number of anilines is 1. The molecule has 2 saturated heterocycles. The van der Waals surface area contributed by atoms with Gasteiger partial charge in [-0.3, -0.25) is 0 Å². The van der Waals surface area contributed by atoms with E-state index in [-0.39, 0.29) is 11.5 Å². The summed E-state index contributed by atoms with van der Waals surface area (Å²) in [5, 5.41) is 0. The standard InChI is InChI=1S/C14H21FN4O3S/c1-23(20,21)18-12-10-22-7-4-14(12)2-5-19(6-3-14)13-16-8-11(15)9-17-13/h8-9,12,18H,2-7,10H2,1H3/t12-/m0/s1. The highest BCUT2D eigenvalue weighted by Gasteiger charge is 2.44. The Morgan fingerprint density at radius 3 is 2.57 bits per heavy atom. The van der Waals surface area contributed by atoms with Crippen LogP contribution in [0.5, 0.6) is 0 Å². The zero-order valence-corrected chi connectivity index (χ0v) is 13.9. The van der Waals surface area contributed by atoms with Gasteiger partial charge in [-0.25, -0.2) is 27.5 Å². The predicted molar refractivity (Wildman–Crippen MR) is 83.1 cm³/mol. The minimum atomic E-state index is -3.28. The van der Waals surface area contributed by atoms with Gasteiger partial charge >= 0.3 is 0 Å². The second kappa shape index (κ2) is 6.29. The van der Waals surface area contributed by atoms with E-state index in [0.29, 0.717) is 32.3 Å². The van der Waals surface area contributed by atoms with Crippen molar-refractivity contribution in [2.75, 3.05) is 37.5 Å². The largest absolute Gasteiger partial charge is 0.380 e. The van der Waals surface area contributed by atoms with Crippen LogP contribution in [0.15, 0.2) is 12.4 Å². The molecule has 2 fully saturated rings. The van der Waals surface area contributed by atoms with E-state index < -0.39 is 15.8 Å². The van der Waals surface area contributed by atoms with Crippen LogP contribution in [0.3, 0.4) is 0 Å². The number of piperidine rings is 1. The second-order valence-electron chi connectivity index (χ2n) is 6.32. The molecule has 1 spiro atoms. The zero-order valence-electron chi connectivity index (χ0n) is 13.0. The van der Waals surface area contributed by atoms with Gasteiger partial charge in [-0.15, -0.1) is 0 Å². The van der Waals surface area contributed by atoms with E-state index in [2.05, 4.69) is 14.7 Å². The molecule has 1 aromatic rings. The van der Waals surface area contributed by atoms with Crippen molar-refractivity contribution in [2.24, 2.45) is 5.41 Å². The highest BCUT2D eigenvalue weighted by molar-refractivity contribution is 7.88. The van der Waals surface area contributed by atoms with E-state index in [1.807, 2.05) is 4.90 Å². The van der Waals surface area contributed by atoms with E-state index in [9.17, 15) is 12.8 Å². The third-order valence-electron chi connectivity index (χ3n) is 4.77. The van der Waals surface area contributed by atoms with Gasteiger partial charge in [0.1, 0.15) is 0 Å². The van der Waals surface area contributed by atoms with Crippen molar-refractivity contribution >= 4 is 16.0 Å². The molecule has 7 nitrogen and oxygen atoms in total. The fourth-order valence-electron chi connectivity index (χ4n) is 3.46. The lowest BCUT2D eigenvalue weighted by molar-refractivity contribution is -0.0233. The first-order valence-corrected chi connectivity index (χ1v) is 9.55. The Balaban J connectivity index is 1.71. The average molecular weight is 344 g/mol. The van der Waals surface area contributed by atoms with E-state index in [1.165, 1.54) is 6.26 Å². The number of halogens is 1. The minimum Gasteiger partial charge on any atom is -0.380 e. The molecule has 0 radical (unpaired) electrons. The fraction of sp³-hybridized carbons (Fsp3) is 0.714. The van der Waals surface area contributed by atoms with Crippen molar-refractivity contribution in [3.8, 4) is 0 Å². The summed E-state index contributed by atoms with van der Waals surface area (Å²) in [7, 11) is -3.28. The molecule has 2 aliphatic rings. The molecule has 128 valence electrons. The van der Waals surface area contributed by atoms with Gasteiger partial charge in [0.25, 0.3) is 0 Å². The molecule has 2 aliphatic heterocycles. The van der Waals surface area contributed by atoms with Gasteiger partial charge in [0.05, 0.1) is 31.3 Å². The minimum absolute atomic E-state index is 0.0993. The summed E-state index contributed by atoms with van der Waals surface area (Å²) >= 11 is 0. The normalized spacial score (nSPS) is 24.8. The Hall–Kier alpha value is -1.32. The Kier molecular flexibility index (Phi) is 4.52. The Bertz CT molecular complexity index is 644. The maximum atomic E-state index is 12.9. The van der Waals surface area contributed by atoms with Gasteiger partial charge in [-0.1, -0.05) is 0 Å². The highest BCUT2D eigenvalue weighted by atomic mass is 32.2. The van der Waals surface area contributed by atoms with Crippen LogP contribution in [-0.2, 0) is 14.8 Å². The first kappa shape index (κ1) is 16.5. The molecule has 0 aromatic carbocycles. The monoisotopic (exact) mass is 344 g/mol. The summed E-state index contributed by atoms with van der Waals surface area (Å²) in [6.07, 6.45) is 5.98. The van der Waals surface area contributed by atoms with Gasteiger partial charge in [-0.2, -0.15) is 0 Å². The molecular formula is C14H21FN4O3S. The smallest absolute Gasteiger partial charge is 0.225 e. The van der Waals surface area contributed by atoms with Crippen LogP contribution in [0.2, 0.25) is 0 Å². The van der Waals surface area contributed by atoms with Crippen LogP contribution >= 0.6 is 0 Å². The quantitative estimate of drug-likeness (QED) is 0.862. The maximum absolute atomic E-state index is 12.9. The lowest BCUT2D eigenvalue weighted by Gasteiger charge is -2.48. The van der Waals surface area contributed by atoms with Crippen molar-refractivity contribution in [1.29, 1.82) is 0 Å². The van der Waals surface area contributed by atoms with Crippen LogP contribution in [-0.4, -0.2) is 57.0 Å². The number of ether oxygens (including phenoxy) is 1. The van der Waals surface area contributed by atoms with E-state index in [4.69, 9.17) is 4.74 Å². The van der Waals surface area contributed by atoms with Crippen molar-refractivity contribution in [3.63, 3.8) is 0 Å². The molecule has 23 heavy (non-hydrogen) atoms. The summed E-state index contributed by atoms with van der Waals surface area (Å²) in [6, 6.07) is -0.206. The van der Waals surface area contributed by atoms with Gasteiger partial charge in [0.2, 0.25) is 16.0 Å². The second-order valence-corrected chi connectivity index (χ2v) is 8.10. The summed E-state index contributed by atoms with van der Waals surface area (Å²) < 4.78 is 44.3. The van der Waals surface area contributed by atoms with Crippen LogP contribution in [0.25, 0.3) is 0 Å². The molecule has 1 aromatic heterocycles. The molecule has 0 unspecified atom stereocenters. The number of nitrogens with zero attached hydrogens (tertiary/aromatic N) is 3. The third-order valence-corrected chi connectivity index (χ3v) is 5.49. The van der Waals surface area contributed by atoms with Crippen molar-refractivity contribution in [1.82, 2.24) is 14.7 Å². The molecule has 0 amide bonds. The number of aromatic nitrogens is 2. The number of hydrogen-bond acceptors (Lipinski definition) is 6. The first-order chi connectivity index (χ1) is 10.9. The number of rotatable bonds is 3. The molecule has 1 N–H and O–H groups in total. The molecule has 0 bridgehead atoms. The van der Waals surface area contributed by atoms with Gasteiger partial charge in [-0.05, 0) is 24.7 Å². The number of sulfonamides is 1. The van der Waals surface area contributed by atoms with Crippen molar-refractivity contribution < 1.29 is 17.5 Å². The molecule has 0 saturated carbocycles. The van der Waals surface area contributed by atoms with Crippen LogP contribution in [0.4, 0.5) is 10.3 Å². The van der Waals surface area contributed by atoms with Crippen LogP contribution in [0.1, 0.15) is 19.3 Å².